The average Bonchev–Trinajstić information content (AvgIpc) is 2.55. The normalized spacial score (nSPS) is 12.8. The van der Waals surface area contributed by atoms with Gasteiger partial charge in [0.05, 0.1) is 5.69 Å². The van der Waals surface area contributed by atoms with Crippen molar-refractivity contribution in [1.82, 2.24) is 9.97 Å². The first kappa shape index (κ1) is 12.6. The first-order valence-electron chi connectivity index (χ1n) is 5.97. The summed E-state index contributed by atoms with van der Waals surface area (Å²) in [5.41, 5.74) is 2.15. The number of aromatic nitrogens is 2. The summed E-state index contributed by atoms with van der Waals surface area (Å²) in [4.78, 5) is 8.86. The fourth-order valence-electron chi connectivity index (χ4n) is 1.41. The Hall–Kier alpha value is -1.44. The van der Waals surface area contributed by atoms with Crippen LogP contribution in [0.1, 0.15) is 57.1 Å². The lowest BCUT2D eigenvalue weighted by Crippen LogP contribution is -2.00. The van der Waals surface area contributed by atoms with Gasteiger partial charge >= 0.3 is 0 Å². The van der Waals surface area contributed by atoms with Crippen molar-refractivity contribution in [2.24, 2.45) is 0 Å². The second-order valence-corrected chi connectivity index (χ2v) is 3.76. The summed E-state index contributed by atoms with van der Waals surface area (Å²) in [5.74, 6) is 1.31. The van der Waals surface area contributed by atoms with Crippen LogP contribution in [0.2, 0.25) is 0 Å². The summed E-state index contributed by atoms with van der Waals surface area (Å²) >= 11 is 0. The van der Waals surface area contributed by atoms with Crippen LogP contribution in [0.3, 0.4) is 0 Å². The van der Waals surface area contributed by atoms with E-state index in [2.05, 4.69) is 48.1 Å². The van der Waals surface area contributed by atoms with E-state index < -0.39 is 0 Å². The van der Waals surface area contributed by atoms with Crippen LogP contribution in [-0.4, -0.2) is 9.97 Å². The molecule has 1 aliphatic rings. The summed E-state index contributed by atoms with van der Waals surface area (Å²) in [5, 5.41) is 0. The van der Waals surface area contributed by atoms with Crippen LogP contribution in [0.4, 0.5) is 0 Å². The molecule has 0 unspecified atom stereocenters. The molecule has 2 rings (SSSR count). The van der Waals surface area contributed by atoms with Crippen LogP contribution >= 0.6 is 0 Å². The van der Waals surface area contributed by atoms with Gasteiger partial charge in [-0.2, -0.15) is 0 Å². The Bertz CT molecular complexity index is 390. The quantitative estimate of drug-likeness (QED) is 0.707. The standard InChI is InChI=1S/C12H14N2.C2H6/c1-9(2)12-13-8-10-6-4-3-5-7-11(10)14-12;1-2/h4-9H,3H2,1-2H3;1-2H3. The minimum absolute atomic E-state index is 0.390. The molecular formula is C14H20N2. The Balaban J connectivity index is 0.000000606. The molecular weight excluding hydrogens is 196 g/mol. The third-order valence-electron chi connectivity index (χ3n) is 2.23. The molecule has 2 nitrogen and oxygen atoms in total. The molecule has 0 atom stereocenters. The van der Waals surface area contributed by atoms with Gasteiger partial charge in [0, 0.05) is 17.7 Å². The fraction of sp³-hybridized carbons (Fsp3) is 0.429. The van der Waals surface area contributed by atoms with Crippen molar-refractivity contribution in [1.29, 1.82) is 0 Å². The van der Waals surface area contributed by atoms with Crippen molar-refractivity contribution in [3.8, 4) is 0 Å². The summed E-state index contributed by atoms with van der Waals surface area (Å²) < 4.78 is 0. The van der Waals surface area contributed by atoms with Crippen molar-refractivity contribution in [2.45, 2.75) is 40.0 Å². The van der Waals surface area contributed by atoms with E-state index in [0.717, 1.165) is 23.5 Å². The predicted octanol–water partition coefficient (Wildman–Crippen LogP) is 4.06. The SMILES string of the molecule is CC.CC(C)c1ncc2c(n1)C=CCC=C2. The minimum Gasteiger partial charge on any atom is -0.240 e. The average molecular weight is 216 g/mol. The zero-order valence-electron chi connectivity index (χ0n) is 10.6. The number of allylic oxidation sites excluding steroid dienone is 2. The zero-order chi connectivity index (χ0) is 12.0. The summed E-state index contributed by atoms with van der Waals surface area (Å²) in [6.45, 7) is 8.22. The molecule has 1 heterocycles. The smallest absolute Gasteiger partial charge is 0.131 e. The Morgan fingerprint density at radius 2 is 1.81 bits per heavy atom. The molecule has 0 radical (unpaired) electrons. The number of hydrogen-bond donors (Lipinski definition) is 0. The van der Waals surface area contributed by atoms with Gasteiger partial charge in [-0.1, -0.05) is 45.9 Å². The Kier molecular flexibility index (Phi) is 4.90. The highest BCUT2D eigenvalue weighted by Crippen LogP contribution is 2.17. The second-order valence-electron chi connectivity index (χ2n) is 3.76. The lowest BCUT2D eigenvalue weighted by Gasteiger charge is -2.05. The number of nitrogens with zero attached hydrogens (tertiary/aromatic N) is 2. The molecule has 0 spiro atoms. The van der Waals surface area contributed by atoms with Crippen molar-refractivity contribution in [3.63, 3.8) is 0 Å². The van der Waals surface area contributed by atoms with Crippen LogP contribution in [0, 0.1) is 0 Å². The van der Waals surface area contributed by atoms with E-state index in [0.29, 0.717) is 5.92 Å². The highest BCUT2D eigenvalue weighted by molar-refractivity contribution is 5.63. The van der Waals surface area contributed by atoms with E-state index in [-0.39, 0.29) is 0 Å². The monoisotopic (exact) mass is 216 g/mol. The molecule has 0 saturated heterocycles. The third kappa shape index (κ3) is 3.02. The van der Waals surface area contributed by atoms with Gasteiger partial charge in [-0.15, -0.1) is 0 Å². The molecule has 1 aliphatic carbocycles. The maximum Gasteiger partial charge on any atom is 0.131 e. The Labute approximate surface area is 98.1 Å². The lowest BCUT2D eigenvalue weighted by atomic mass is 10.1. The number of hydrogen-bond acceptors (Lipinski definition) is 2. The molecule has 0 saturated carbocycles. The van der Waals surface area contributed by atoms with Crippen molar-refractivity contribution in [3.05, 3.63) is 35.4 Å². The Morgan fingerprint density at radius 1 is 1.12 bits per heavy atom. The highest BCUT2D eigenvalue weighted by atomic mass is 14.9. The van der Waals surface area contributed by atoms with E-state index in [1.165, 1.54) is 0 Å². The van der Waals surface area contributed by atoms with E-state index in [4.69, 9.17) is 0 Å². The lowest BCUT2D eigenvalue weighted by molar-refractivity contribution is 0.771. The predicted molar refractivity (Wildman–Crippen MR) is 70.2 cm³/mol. The van der Waals surface area contributed by atoms with Crippen molar-refractivity contribution >= 4 is 12.2 Å². The van der Waals surface area contributed by atoms with Gasteiger partial charge in [0.15, 0.2) is 0 Å². The van der Waals surface area contributed by atoms with E-state index in [9.17, 15) is 0 Å². The maximum absolute atomic E-state index is 4.52. The molecule has 2 heteroatoms. The number of rotatable bonds is 1. The van der Waals surface area contributed by atoms with E-state index >= 15 is 0 Å². The van der Waals surface area contributed by atoms with Crippen LogP contribution in [0.15, 0.2) is 18.3 Å². The van der Waals surface area contributed by atoms with Gasteiger partial charge in [-0.3, -0.25) is 0 Å². The van der Waals surface area contributed by atoms with E-state index in [1.54, 1.807) is 0 Å². The minimum atomic E-state index is 0.390. The summed E-state index contributed by atoms with van der Waals surface area (Å²) in [6, 6.07) is 0. The number of fused-ring (bicyclic) bond motifs is 1. The Morgan fingerprint density at radius 3 is 2.50 bits per heavy atom. The molecule has 0 N–H and O–H groups in total. The molecule has 0 fully saturated rings. The van der Waals surface area contributed by atoms with Gasteiger partial charge in [-0.25, -0.2) is 9.97 Å². The van der Waals surface area contributed by atoms with Gasteiger partial charge < -0.3 is 0 Å². The largest absolute Gasteiger partial charge is 0.240 e. The van der Waals surface area contributed by atoms with Gasteiger partial charge in [0.2, 0.25) is 0 Å². The molecule has 0 bridgehead atoms. The van der Waals surface area contributed by atoms with Crippen molar-refractivity contribution in [2.75, 3.05) is 0 Å². The van der Waals surface area contributed by atoms with Crippen LogP contribution < -0.4 is 0 Å². The van der Waals surface area contributed by atoms with Gasteiger partial charge in [-0.05, 0) is 12.5 Å². The fourth-order valence-corrected chi connectivity index (χ4v) is 1.41. The first-order chi connectivity index (χ1) is 7.77. The summed E-state index contributed by atoms with van der Waals surface area (Å²) in [7, 11) is 0. The van der Waals surface area contributed by atoms with Gasteiger partial charge in [0.25, 0.3) is 0 Å². The van der Waals surface area contributed by atoms with Gasteiger partial charge in [0.1, 0.15) is 5.82 Å². The summed E-state index contributed by atoms with van der Waals surface area (Å²) in [6.07, 6.45) is 11.3. The second kappa shape index (κ2) is 6.21. The van der Waals surface area contributed by atoms with E-state index in [1.807, 2.05) is 20.0 Å². The maximum atomic E-state index is 4.52. The topological polar surface area (TPSA) is 25.8 Å². The van der Waals surface area contributed by atoms with Crippen LogP contribution in [0.25, 0.3) is 12.2 Å². The molecule has 1 aromatic rings. The molecule has 0 aromatic carbocycles. The van der Waals surface area contributed by atoms with Crippen molar-refractivity contribution < 1.29 is 0 Å². The van der Waals surface area contributed by atoms with Crippen LogP contribution in [-0.2, 0) is 0 Å². The molecule has 1 aromatic heterocycles. The molecule has 0 aliphatic heterocycles. The zero-order valence-corrected chi connectivity index (χ0v) is 10.6. The molecule has 0 amide bonds. The molecule has 86 valence electrons. The van der Waals surface area contributed by atoms with Crippen LogP contribution in [0.5, 0.6) is 0 Å². The third-order valence-corrected chi connectivity index (χ3v) is 2.23. The first-order valence-corrected chi connectivity index (χ1v) is 5.97. The highest BCUT2D eigenvalue weighted by Gasteiger charge is 2.06. The molecule has 16 heavy (non-hydrogen) atoms.